The monoisotopic (exact) mass is 389 g/mol. The number of pyridine rings is 1. The van der Waals surface area contributed by atoms with Gasteiger partial charge in [-0.25, -0.2) is 0 Å². The summed E-state index contributed by atoms with van der Waals surface area (Å²) in [5.41, 5.74) is 1.70. The molecule has 1 fully saturated rings. The molecule has 1 aromatic heterocycles. The van der Waals surface area contributed by atoms with Crippen molar-refractivity contribution in [2.24, 2.45) is 0 Å². The molecule has 0 bridgehead atoms. The first kappa shape index (κ1) is 19.3. The quantitative estimate of drug-likeness (QED) is 0.745. The van der Waals surface area contributed by atoms with Gasteiger partial charge in [0.25, 0.3) is 5.91 Å². The Kier molecular flexibility index (Phi) is 6.40. The van der Waals surface area contributed by atoms with Crippen LogP contribution in [0.5, 0.6) is 11.5 Å². The van der Waals surface area contributed by atoms with E-state index in [4.69, 9.17) is 21.1 Å². The third-order valence-electron chi connectivity index (χ3n) is 4.69. The van der Waals surface area contributed by atoms with Crippen molar-refractivity contribution in [3.05, 3.63) is 41.2 Å². The molecule has 1 amide bonds. The summed E-state index contributed by atoms with van der Waals surface area (Å²) < 4.78 is 10.5. The topological polar surface area (TPSA) is 72.5 Å². The zero-order valence-electron chi connectivity index (χ0n) is 15.5. The Morgan fingerprint density at radius 1 is 1.11 bits per heavy atom. The van der Waals surface area contributed by atoms with Crippen LogP contribution in [0.15, 0.2) is 30.5 Å². The predicted octanol–water partition coefficient (Wildman–Crippen LogP) is 4.75. The van der Waals surface area contributed by atoms with Gasteiger partial charge in [-0.05, 0) is 25.0 Å². The average molecular weight is 390 g/mol. The molecule has 1 aromatic carbocycles. The molecule has 144 valence electrons. The van der Waals surface area contributed by atoms with Crippen LogP contribution in [0, 0.1) is 0 Å². The van der Waals surface area contributed by atoms with E-state index in [-0.39, 0.29) is 5.91 Å². The first-order valence-corrected chi connectivity index (χ1v) is 9.44. The molecule has 0 saturated heterocycles. The molecule has 3 rings (SSSR count). The van der Waals surface area contributed by atoms with E-state index in [2.05, 4.69) is 15.6 Å². The molecule has 0 unspecified atom stereocenters. The first-order chi connectivity index (χ1) is 13.1. The van der Waals surface area contributed by atoms with Crippen molar-refractivity contribution in [1.29, 1.82) is 0 Å². The van der Waals surface area contributed by atoms with Gasteiger partial charge in [0.1, 0.15) is 17.2 Å². The maximum Gasteiger partial charge on any atom is 0.274 e. The van der Waals surface area contributed by atoms with Gasteiger partial charge >= 0.3 is 0 Å². The number of rotatable bonds is 6. The molecular formula is C20H24ClN3O3. The normalized spacial score (nSPS) is 14.5. The molecule has 6 nitrogen and oxygen atoms in total. The summed E-state index contributed by atoms with van der Waals surface area (Å²) in [6, 6.07) is 7.34. The van der Waals surface area contributed by atoms with Crippen molar-refractivity contribution < 1.29 is 14.3 Å². The van der Waals surface area contributed by atoms with Crippen LogP contribution in [0.3, 0.4) is 0 Å². The van der Waals surface area contributed by atoms with Gasteiger partial charge in [0.15, 0.2) is 0 Å². The molecule has 0 spiro atoms. The van der Waals surface area contributed by atoms with Gasteiger partial charge in [0, 0.05) is 30.1 Å². The number of halogens is 1. The zero-order valence-corrected chi connectivity index (χ0v) is 16.3. The molecule has 1 aliphatic rings. The van der Waals surface area contributed by atoms with E-state index in [1.165, 1.54) is 33.5 Å². The highest BCUT2D eigenvalue weighted by molar-refractivity contribution is 6.32. The molecule has 2 aromatic rings. The van der Waals surface area contributed by atoms with Gasteiger partial charge in [-0.15, -0.1) is 0 Å². The van der Waals surface area contributed by atoms with Crippen LogP contribution in [0.1, 0.15) is 42.6 Å². The number of aromatic nitrogens is 1. The fraction of sp³-hybridized carbons (Fsp3) is 0.400. The van der Waals surface area contributed by atoms with E-state index < -0.39 is 0 Å². The number of hydrogen-bond acceptors (Lipinski definition) is 5. The summed E-state index contributed by atoms with van der Waals surface area (Å²) in [5.74, 6) is 0.573. The van der Waals surface area contributed by atoms with Gasteiger partial charge < -0.3 is 20.1 Å². The number of carbonyl (C=O) groups is 1. The van der Waals surface area contributed by atoms with Gasteiger partial charge in [0.2, 0.25) is 0 Å². The molecule has 7 heteroatoms. The molecule has 0 aliphatic heterocycles. The third-order valence-corrected chi connectivity index (χ3v) is 4.99. The smallest absolute Gasteiger partial charge is 0.274 e. The highest BCUT2D eigenvalue weighted by Crippen LogP contribution is 2.36. The van der Waals surface area contributed by atoms with E-state index in [0.29, 0.717) is 33.9 Å². The number of anilines is 2. The minimum Gasteiger partial charge on any atom is -0.495 e. The average Bonchev–Trinajstić information content (AvgIpc) is 2.70. The van der Waals surface area contributed by atoms with Crippen molar-refractivity contribution >= 4 is 28.9 Å². The zero-order chi connectivity index (χ0) is 19.2. The van der Waals surface area contributed by atoms with Gasteiger partial charge in [-0.3, -0.25) is 9.78 Å². The van der Waals surface area contributed by atoms with Crippen LogP contribution in [-0.2, 0) is 0 Å². The van der Waals surface area contributed by atoms with Crippen LogP contribution in [-0.4, -0.2) is 31.2 Å². The van der Waals surface area contributed by atoms with Gasteiger partial charge in [-0.1, -0.05) is 30.9 Å². The second-order valence-corrected chi connectivity index (χ2v) is 6.96. The number of hydrogen-bond donors (Lipinski definition) is 2. The van der Waals surface area contributed by atoms with Crippen LogP contribution in [0.2, 0.25) is 5.02 Å². The summed E-state index contributed by atoms with van der Waals surface area (Å²) in [4.78, 5) is 16.9. The molecule has 1 heterocycles. The lowest BCUT2D eigenvalue weighted by atomic mass is 9.95. The highest BCUT2D eigenvalue weighted by atomic mass is 35.5. The number of carbonyl (C=O) groups excluding carboxylic acids is 1. The highest BCUT2D eigenvalue weighted by Gasteiger charge is 2.16. The molecule has 0 radical (unpaired) electrons. The second-order valence-electron chi connectivity index (χ2n) is 6.55. The van der Waals surface area contributed by atoms with Gasteiger partial charge in [0.05, 0.1) is 24.9 Å². The maximum absolute atomic E-state index is 12.7. The van der Waals surface area contributed by atoms with E-state index >= 15 is 0 Å². The van der Waals surface area contributed by atoms with Crippen molar-refractivity contribution in [3.8, 4) is 11.5 Å². The Morgan fingerprint density at radius 2 is 1.85 bits per heavy atom. The molecule has 27 heavy (non-hydrogen) atoms. The van der Waals surface area contributed by atoms with Crippen molar-refractivity contribution in [2.75, 3.05) is 24.9 Å². The fourth-order valence-corrected chi connectivity index (χ4v) is 3.50. The Labute approximate surface area is 164 Å². The number of nitrogens with one attached hydrogen (secondary N) is 2. The summed E-state index contributed by atoms with van der Waals surface area (Å²) in [7, 11) is 3.03. The lowest BCUT2D eigenvalue weighted by molar-refractivity contribution is 0.102. The molecule has 2 N–H and O–H groups in total. The SMILES string of the molecule is COc1cc(NC(=O)c2cc(NC3CCCCC3)ccn2)c(OC)cc1Cl. The number of ether oxygens (including phenoxy) is 2. The van der Waals surface area contributed by atoms with Crippen LogP contribution >= 0.6 is 11.6 Å². The third kappa shape index (κ3) is 4.83. The summed E-state index contributed by atoms with van der Waals surface area (Å²) >= 11 is 6.11. The number of benzene rings is 1. The summed E-state index contributed by atoms with van der Waals surface area (Å²) in [6.07, 6.45) is 7.74. The molecule has 0 atom stereocenters. The van der Waals surface area contributed by atoms with Crippen LogP contribution < -0.4 is 20.1 Å². The molecule has 1 aliphatic carbocycles. The predicted molar refractivity (Wildman–Crippen MR) is 107 cm³/mol. The molecule has 1 saturated carbocycles. The first-order valence-electron chi connectivity index (χ1n) is 9.06. The summed E-state index contributed by atoms with van der Waals surface area (Å²) in [5, 5.41) is 6.73. The van der Waals surface area contributed by atoms with E-state index in [0.717, 1.165) is 18.5 Å². The van der Waals surface area contributed by atoms with Crippen molar-refractivity contribution in [2.45, 2.75) is 38.1 Å². The minimum atomic E-state index is -0.329. The summed E-state index contributed by atoms with van der Waals surface area (Å²) in [6.45, 7) is 0. The lowest BCUT2D eigenvalue weighted by Crippen LogP contribution is -2.22. The standard InChI is InChI=1S/C20H24ClN3O3/c1-26-18-12-16(19(27-2)11-15(18)21)24-20(25)17-10-14(8-9-22-17)23-13-6-4-3-5-7-13/h8-13H,3-7H2,1-2H3,(H,22,23)(H,24,25). The van der Waals surface area contributed by atoms with Crippen molar-refractivity contribution in [3.63, 3.8) is 0 Å². The maximum atomic E-state index is 12.7. The van der Waals surface area contributed by atoms with Crippen LogP contribution in [0.25, 0.3) is 0 Å². The molecular weight excluding hydrogens is 366 g/mol. The van der Waals surface area contributed by atoms with E-state index in [1.807, 2.05) is 6.07 Å². The Hall–Kier alpha value is -2.47. The Morgan fingerprint density at radius 3 is 2.56 bits per heavy atom. The second kappa shape index (κ2) is 8.95. The Balaban J connectivity index is 1.75. The minimum absolute atomic E-state index is 0.326. The van der Waals surface area contributed by atoms with Gasteiger partial charge in [-0.2, -0.15) is 0 Å². The fourth-order valence-electron chi connectivity index (χ4n) is 3.27. The Bertz CT molecular complexity index is 807. The van der Waals surface area contributed by atoms with Crippen LogP contribution in [0.4, 0.5) is 11.4 Å². The van der Waals surface area contributed by atoms with Crippen molar-refractivity contribution in [1.82, 2.24) is 4.98 Å². The largest absolute Gasteiger partial charge is 0.495 e. The number of amides is 1. The van der Waals surface area contributed by atoms with E-state index in [1.54, 1.807) is 24.4 Å². The van der Waals surface area contributed by atoms with E-state index in [9.17, 15) is 4.79 Å². The lowest BCUT2D eigenvalue weighted by Gasteiger charge is -2.23. The number of nitrogens with zero attached hydrogens (tertiary/aromatic N) is 1. The number of methoxy groups -OCH3 is 2.